The molecule has 2 N–H and O–H groups in total. The standard InChI is InChI=1S/C16H22N2O4/c1-11-8-18(9-12(2)22-11)10-16(19)17-13-3-4-14-15(7-13)21-6-5-20-14/h3-4,7,11-12H,5-6,8-10H2,1-2H3,(H,17,19)/p+1/t11-,12+. The Labute approximate surface area is 130 Å². The molecular weight excluding hydrogens is 284 g/mol. The summed E-state index contributed by atoms with van der Waals surface area (Å²) >= 11 is 0. The van der Waals surface area contributed by atoms with Crippen LogP contribution in [0.1, 0.15) is 13.8 Å². The van der Waals surface area contributed by atoms with Gasteiger partial charge in [-0.15, -0.1) is 0 Å². The summed E-state index contributed by atoms with van der Waals surface area (Å²) in [5.41, 5.74) is 0.739. The summed E-state index contributed by atoms with van der Waals surface area (Å²) in [6, 6.07) is 5.48. The number of ether oxygens (including phenoxy) is 3. The Kier molecular flexibility index (Phi) is 4.49. The van der Waals surface area contributed by atoms with Crippen LogP contribution >= 0.6 is 0 Å². The molecule has 1 unspecified atom stereocenters. The number of quaternary nitrogens is 1. The van der Waals surface area contributed by atoms with Gasteiger partial charge in [0.2, 0.25) is 0 Å². The van der Waals surface area contributed by atoms with Crippen molar-refractivity contribution in [2.45, 2.75) is 26.1 Å². The maximum absolute atomic E-state index is 12.2. The molecule has 0 spiro atoms. The normalized spacial score (nSPS) is 27.3. The molecule has 6 heteroatoms. The molecular formula is C16H23N2O4+. The van der Waals surface area contributed by atoms with Crippen molar-refractivity contribution in [1.29, 1.82) is 0 Å². The minimum absolute atomic E-state index is 0.00739. The first-order valence-electron chi connectivity index (χ1n) is 7.78. The van der Waals surface area contributed by atoms with Gasteiger partial charge in [0, 0.05) is 11.8 Å². The molecule has 0 aromatic heterocycles. The van der Waals surface area contributed by atoms with E-state index in [1.165, 1.54) is 4.90 Å². The smallest absolute Gasteiger partial charge is 0.279 e. The van der Waals surface area contributed by atoms with Crippen molar-refractivity contribution in [2.24, 2.45) is 0 Å². The summed E-state index contributed by atoms with van der Waals surface area (Å²) in [5, 5.41) is 2.93. The molecule has 120 valence electrons. The number of nitrogens with one attached hydrogen (secondary N) is 2. The molecule has 3 rings (SSSR count). The third-order valence-electron chi connectivity index (χ3n) is 3.85. The number of amides is 1. The lowest BCUT2D eigenvalue weighted by Gasteiger charge is -2.31. The molecule has 1 saturated heterocycles. The van der Waals surface area contributed by atoms with Gasteiger partial charge in [0.15, 0.2) is 18.0 Å². The van der Waals surface area contributed by atoms with Crippen molar-refractivity contribution in [3.8, 4) is 11.5 Å². The number of benzene rings is 1. The molecule has 0 aliphatic carbocycles. The zero-order valence-corrected chi connectivity index (χ0v) is 13.1. The van der Waals surface area contributed by atoms with Crippen molar-refractivity contribution >= 4 is 11.6 Å². The minimum Gasteiger partial charge on any atom is -0.486 e. The van der Waals surface area contributed by atoms with Gasteiger partial charge in [0.05, 0.1) is 0 Å². The topological polar surface area (TPSA) is 61.2 Å². The molecule has 3 atom stereocenters. The van der Waals surface area contributed by atoms with Crippen molar-refractivity contribution in [1.82, 2.24) is 0 Å². The summed E-state index contributed by atoms with van der Waals surface area (Å²) in [6.45, 7) is 7.38. The van der Waals surface area contributed by atoms with E-state index in [-0.39, 0.29) is 18.1 Å². The molecule has 1 aromatic rings. The maximum atomic E-state index is 12.2. The molecule has 1 fully saturated rings. The SMILES string of the molecule is C[C@@H]1C[NH+](CC(=O)Nc2ccc3c(c2)OCCO3)C[C@H](C)O1. The Balaban J connectivity index is 1.57. The van der Waals surface area contributed by atoms with Crippen LogP contribution in [0, 0.1) is 0 Å². The average Bonchev–Trinajstić information content (AvgIpc) is 2.45. The summed E-state index contributed by atoms with van der Waals surface area (Å²) < 4.78 is 16.7. The van der Waals surface area contributed by atoms with Crippen LogP contribution in [0.15, 0.2) is 18.2 Å². The molecule has 6 nitrogen and oxygen atoms in total. The van der Waals surface area contributed by atoms with Gasteiger partial charge in [-0.1, -0.05) is 0 Å². The molecule has 2 heterocycles. The van der Waals surface area contributed by atoms with E-state index in [2.05, 4.69) is 5.32 Å². The molecule has 1 amide bonds. The predicted molar refractivity (Wildman–Crippen MR) is 81.6 cm³/mol. The first-order valence-corrected chi connectivity index (χ1v) is 7.78. The Bertz CT molecular complexity index is 539. The average molecular weight is 307 g/mol. The fourth-order valence-electron chi connectivity index (χ4n) is 3.09. The zero-order valence-electron chi connectivity index (χ0n) is 13.1. The number of fused-ring (bicyclic) bond motifs is 1. The minimum atomic E-state index is 0.00739. The lowest BCUT2D eigenvalue weighted by atomic mass is 10.2. The highest BCUT2D eigenvalue weighted by Crippen LogP contribution is 2.32. The second-order valence-corrected chi connectivity index (χ2v) is 6.00. The van der Waals surface area contributed by atoms with E-state index >= 15 is 0 Å². The van der Waals surface area contributed by atoms with Gasteiger partial charge in [-0.25, -0.2) is 0 Å². The molecule has 22 heavy (non-hydrogen) atoms. The second kappa shape index (κ2) is 6.54. The monoisotopic (exact) mass is 307 g/mol. The van der Waals surface area contributed by atoms with Gasteiger partial charge in [-0.05, 0) is 26.0 Å². The number of hydrogen-bond donors (Lipinski definition) is 2. The predicted octanol–water partition coefficient (Wildman–Crippen LogP) is 0.0884. The van der Waals surface area contributed by atoms with Gasteiger partial charge in [0.1, 0.15) is 38.5 Å². The Hall–Kier alpha value is -1.79. The van der Waals surface area contributed by atoms with E-state index in [1.807, 2.05) is 32.0 Å². The molecule has 0 bridgehead atoms. The van der Waals surface area contributed by atoms with E-state index in [9.17, 15) is 4.79 Å². The highest BCUT2D eigenvalue weighted by Gasteiger charge is 2.27. The molecule has 2 aliphatic heterocycles. The Morgan fingerprint density at radius 3 is 2.59 bits per heavy atom. The summed E-state index contributed by atoms with van der Waals surface area (Å²) in [5.74, 6) is 1.42. The van der Waals surface area contributed by atoms with Crippen molar-refractivity contribution < 1.29 is 23.9 Å². The van der Waals surface area contributed by atoms with Gasteiger partial charge < -0.3 is 24.4 Å². The zero-order chi connectivity index (χ0) is 15.5. The van der Waals surface area contributed by atoms with Crippen LogP contribution in [-0.2, 0) is 9.53 Å². The van der Waals surface area contributed by atoms with Gasteiger partial charge >= 0.3 is 0 Å². The van der Waals surface area contributed by atoms with Crippen LogP contribution in [-0.4, -0.2) is 51.0 Å². The number of hydrogen-bond acceptors (Lipinski definition) is 4. The quantitative estimate of drug-likeness (QED) is 0.831. The fourth-order valence-corrected chi connectivity index (χ4v) is 3.09. The molecule has 1 aromatic carbocycles. The maximum Gasteiger partial charge on any atom is 0.279 e. The highest BCUT2D eigenvalue weighted by atomic mass is 16.6. The number of carbonyl (C=O) groups excluding carboxylic acids is 1. The van der Waals surface area contributed by atoms with Crippen LogP contribution < -0.4 is 19.7 Å². The van der Waals surface area contributed by atoms with E-state index in [0.29, 0.717) is 25.5 Å². The van der Waals surface area contributed by atoms with E-state index in [1.54, 1.807) is 0 Å². The number of anilines is 1. The number of rotatable bonds is 3. The number of morpholine rings is 1. The van der Waals surface area contributed by atoms with Gasteiger partial charge in [-0.2, -0.15) is 0 Å². The Morgan fingerprint density at radius 2 is 1.86 bits per heavy atom. The first-order chi connectivity index (χ1) is 10.6. The lowest BCUT2D eigenvalue weighted by molar-refractivity contribution is -0.907. The van der Waals surface area contributed by atoms with Crippen LogP contribution in [0.4, 0.5) is 5.69 Å². The van der Waals surface area contributed by atoms with Crippen LogP contribution in [0.5, 0.6) is 11.5 Å². The summed E-state index contributed by atoms with van der Waals surface area (Å²) in [6.07, 6.45) is 0.390. The lowest BCUT2D eigenvalue weighted by Crippen LogP contribution is -3.16. The van der Waals surface area contributed by atoms with E-state index in [0.717, 1.165) is 24.5 Å². The van der Waals surface area contributed by atoms with Crippen LogP contribution in [0.2, 0.25) is 0 Å². The largest absolute Gasteiger partial charge is 0.486 e. The first kappa shape index (κ1) is 15.1. The van der Waals surface area contributed by atoms with Crippen molar-refractivity contribution in [3.05, 3.63) is 18.2 Å². The summed E-state index contributed by atoms with van der Waals surface area (Å²) in [4.78, 5) is 13.5. The molecule has 0 radical (unpaired) electrons. The van der Waals surface area contributed by atoms with Gasteiger partial charge in [-0.3, -0.25) is 4.79 Å². The van der Waals surface area contributed by atoms with E-state index in [4.69, 9.17) is 14.2 Å². The second-order valence-electron chi connectivity index (χ2n) is 6.00. The van der Waals surface area contributed by atoms with Crippen molar-refractivity contribution in [3.63, 3.8) is 0 Å². The van der Waals surface area contributed by atoms with Crippen LogP contribution in [0.3, 0.4) is 0 Å². The summed E-state index contributed by atoms with van der Waals surface area (Å²) in [7, 11) is 0. The molecule has 0 saturated carbocycles. The van der Waals surface area contributed by atoms with E-state index < -0.39 is 0 Å². The third kappa shape index (κ3) is 3.69. The third-order valence-corrected chi connectivity index (χ3v) is 3.85. The van der Waals surface area contributed by atoms with Crippen molar-refractivity contribution in [2.75, 3.05) is 38.2 Å². The fraction of sp³-hybridized carbons (Fsp3) is 0.562. The van der Waals surface area contributed by atoms with Crippen LogP contribution in [0.25, 0.3) is 0 Å². The molecule has 2 aliphatic rings. The highest BCUT2D eigenvalue weighted by molar-refractivity contribution is 5.91. The number of carbonyl (C=O) groups is 1. The van der Waals surface area contributed by atoms with Gasteiger partial charge in [0.25, 0.3) is 5.91 Å². The Morgan fingerprint density at radius 1 is 1.18 bits per heavy atom.